The predicted molar refractivity (Wildman–Crippen MR) is 83.5 cm³/mol. The van der Waals surface area contributed by atoms with Crippen LogP contribution >= 0.6 is 0 Å². The highest BCUT2D eigenvalue weighted by molar-refractivity contribution is 5.16. The smallest absolute Gasteiger partial charge is 0.0511 e. The van der Waals surface area contributed by atoms with Crippen LogP contribution in [0.2, 0.25) is 0 Å². The summed E-state index contributed by atoms with van der Waals surface area (Å²) >= 11 is 0. The van der Waals surface area contributed by atoms with Crippen molar-refractivity contribution in [1.29, 1.82) is 0 Å². The summed E-state index contributed by atoms with van der Waals surface area (Å²) in [5.74, 6) is 0.758. The van der Waals surface area contributed by atoms with Crippen LogP contribution in [0.5, 0.6) is 0 Å². The van der Waals surface area contributed by atoms with Gasteiger partial charge in [-0.15, -0.1) is 0 Å². The van der Waals surface area contributed by atoms with Crippen LogP contribution in [-0.4, -0.2) is 54.6 Å². The van der Waals surface area contributed by atoms with Crippen LogP contribution in [0.3, 0.4) is 0 Å². The van der Waals surface area contributed by atoms with Gasteiger partial charge in [-0.25, -0.2) is 0 Å². The summed E-state index contributed by atoms with van der Waals surface area (Å²) in [6, 6.07) is 4.56. The second kappa shape index (κ2) is 7.16. The van der Waals surface area contributed by atoms with Gasteiger partial charge in [-0.05, 0) is 51.0 Å². The zero-order chi connectivity index (χ0) is 14.5. The first kappa shape index (κ1) is 15.4. The third-order valence-corrected chi connectivity index (χ3v) is 4.41. The number of aromatic nitrogens is 1. The van der Waals surface area contributed by atoms with Crippen molar-refractivity contribution in [3.63, 3.8) is 0 Å². The summed E-state index contributed by atoms with van der Waals surface area (Å²) < 4.78 is 0. The van der Waals surface area contributed by atoms with Gasteiger partial charge in [-0.1, -0.05) is 13.0 Å². The van der Waals surface area contributed by atoms with E-state index in [9.17, 15) is 0 Å². The number of hydrogen-bond acceptors (Lipinski definition) is 4. The molecule has 1 aliphatic heterocycles. The van der Waals surface area contributed by atoms with E-state index in [-0.39, 0.29) is 12.1 Å². The highest BCUT2D eigenvalue weighted by Crippen LogP contribution is 2.26. The van der Waals surface area contributed by atoms with Gasteiger partial charge in [0.15, 0.2) is 0 Å². The molecule has 2 heterocycles. The van der Waals surface area contributed by atoms with Crippen molar-refractivity contribution in [1.82, 2.24) is 14.8 Å². The van der Waals surface area contributed by atoms with E-state index in [1.54, 1.807) is 0 Å². The van der Waals surface area contributed by atoms with Crippen molar-refractivity contribution < 1.29 is 0 Å². The average molecular weight is 276 g/mol. The molecule has 0 aliphatic carbocycles. The van der Waals surface area contributed by atoms with E-state index in [4.69, 9.17) is 5.73 Å². The number of hydrogen-bond donors (Lipinski definition) is 1. The molecule has 0 aromatic carbocycles. The molecule has 1 aliphatic rings. The lowest BCUT2D eigenvalue weighted by atomic mass is 9.96. The Bertz CT molecular complexity index is 395. The van der Waals surface area contributed by atoms with E-state index in [1.165, 1.54) is 25.1 Å². The van der Waals surface area contributed by atoms with E-state index in [0.717, 1.165) is 18.9 Å². The van der Waals surface area contributed by atoms with Crippen molar-refractivity contribution in [3.05, 3.63) is 30.1 Å². The van der Waals surface area contributed by atoms with Crippen molar-refractivity contribution in [2.75, 3.05) is 33.7 Å². The van der Waals surface area contributed by atoms with Gasteiger partial charge in [-0.2, -0.15) is 0 Å². The van der Waals surface area contributed by atoms with E-state index >= 15 is 0 Å². The Hall–Kier alpha value is -0.970. The summed E-state index contributed by atoms with van der Waals surface area (Å²) in [6.07, 6.45) is 6.05. The van der Waals surface area contributed by atoms with Crippen molar-refractivity contribution in [2.24, 2.45) is 11.7 Å². The Morgan fingerprint density at radius 2 is 2.35 bits per heavy atom. The minimum Gasteiger partial charge on any atom is -0.326 e. The van der Waals surface area contributed by atoms with Gasteiger partial charge in [0.2, 0.25) is 0 Å². The Labute approximate surface area is 123 Å². The molecule has 3 unspecified atom stereocenters. The quantitative estimate of drug-likeness (QED) is 0.860. The number of nitrogens with two attached hydrogens (primary N) is 1. The van der Waals surface area contributed by atoms with Gasteiger partial charge in [0.1, 0.15) is 0 Å². The number of rotatable bonds is 6. The topological polar surface area (TPSA) is 45.4 Å². The zero-order valence-electron chi connectivity index (χ0n) is 13.0. The van der Waals surface area contributed by atoms with Crippen LogP contribution in [0.4, 0.5) is 0 Å². The summed E-state index contributed by atoms with van der Waals surface area (Å²) in [5.41, 5.74) is 7.60. The van der Waals surface area contributed by atoms with Crippen molar-refractivity contribution in [2.45, 2.75) is 31.8 Å². The van der Waals surface area contributed by atoms with Crippen LogP contribution in [0.1, 0.15) is 31.4 Å². The molecule has 0 radical (unpaired) electrons. The molecule has 0 spiro atoms. The maximum absolute atomic E-state index is 6.37. The Balaban J connectivity index is 2.06. The normalized spacial score (nSPS) is 23.1. The standard InChI is InChI=1S/C16H28N4/c1-4-15(17)16(14-6-5-8-18-10-14)20(3)12-13-7-9-19(2)11-13/h5-6,8,10,13,15-16H,4,7,9,11-12,17H2,1-3H3. The lowest BCUT2D eigenvalue weighted by molar-refractivity contribution is 0.180. The first-order valence-electron chi connectivity index (χ1n) is 7.66. The van der Waals surface area contributed by atoms with E-state index < -0.39 is 0 Å². The molecule has 1 saturated heterocycles. The number of likely N-dealkylation sites (N-methyl/N-ethyl adjacent to an activating group) is 1. The summed E-state index contributed by atoms with van der Waals surface area (Å²) in [7, 11) is 4.40. The molecule has 4 heteroatoms. The van der Waals surface area contributed by atoms with Crippen LogP contribution in [-0.2, 0) is 0 Å². The summed E-state index contributed by atoms with van der Waals surface area (Å²) in [4.78, 5) is 9.10. The minimum atomic E-state index is 0.156. The molecule has 4 nitrogen and oxygen atoms in total. The first-order chi connectivity index (χ1) is 9.61. The maximum atomic E-state index is 6.37. The van der Waals surface area contributed by atoms with Crippen molar-refractivity contribution >= 4 is 0 Å². The molecule has 20 heavy (non-hydrogen) atoms. The van der Waals surface area contributed by atoms with Crippen LogP contribution < -0.4 is 5.73 Å². The highest BCUT2D eigenvalue weighted by atomic mass is 15.2. The minimum absolute atomic E-state index is 0.156. The van der Waals surface area contributed by atoms with Gasteiger partial charge in [-0.3, -0.25) is 9.88 Å². The molecule has 1 fully saturated rings. The molecule has 2 rings (SSSR count). The third-order valence-electron chi connectivity index (χ3n) is 4.41. The molecule has 1 aromatic heterocycles. The fourth-order valence-electron chi connectivity index (χ4n) is 3.30. The molecule has 112 valence electrons. The fourth-order valence-corrected chi connectivity index (χ4v) is 3.30. The van der Waals surface area contributed by atoms with Gasteiger partial charge in [0.25, 0.3) is 0 Å². The number of pyridine rings is 1. The molecule has 2 N–H and O–H groups in total. The molecular formula is C16H28N4. The molecule has 0 amide bonds. The monoisotopic (exact) mass is 276 g/mol. The first-order valence-corrected chi connectivity index (χ1v) is 7.66. The fraction of sp³-hybridized carbons (Fsp3) is 0.688. The summed E-state index contributed by atoms with van der Waals surface area (Å²) in [5, 5.41) is 0. The Morgan fingerprint density at radius 1 is 1.55 bits per heavy atom. The molecule has 3 atom stereocenters. The SMILES string of the molecule is CCC(N)C(c1cccnc1)N(C)CC1CCN(C)C1. The van der Waals surface area contributed by atoms with Gasteiger partial charge in [0.05, 0.1) is 6.04 Å². The van der Waals surface area contributed by atoms with E-state index in [0.29, 0.717) is 0 Å². The molecular weight excluding hydrogens is 248 g/mol. The number of likely N-dealkylation sites (tertiary alicyclic amines) is 1. The number of nitrogens with zero attached hydrogens (tertiary/aromatic N) is 3. The van der Waals surface area contributed by atoms with E-state index in [2.05, 4.69) is 41.9 Å². The van der Waals surface area contributed by atoms with Crippen molar-refractivity contribution in [3.8, 4) is 0 Å². The summed E-state index contributed by atoms with van der Waals surface area (Å²) in [6.45, 7) is 5.68. The Morgan fingerprint density at radius 3 is 2.90 bits per heavy atom. The zero-order valence-corrected chi connectivity index (χ0v) is 13.0. The van der Waals surface area contributed by atoms with Crippen LogP contribution in [0, 0.1) is 5.92 Å². The Kier molecular flexibility index (Phi) is 5.52. The third kappa shape index (κ3) is 3.78. The molecule has 0 bridgehead atoms. The second-order valence-corrected chi connectivity index (χ2v) is 6.16. The molecule has 0 saturated carbocycles. The molecule has 1 aromatic rings. The van der Waals surface area contributed by atoms with Gasteiger partial charge in [0, 0.05) is 31.5 Å². The van der Waals surface area contributed by atoms with Crippen LogP contribution in [0.25, 0.3) is 0 Å². The lowest BCUT2D eigenvalue weighted by Crippen LogP contribution is -2.41. The predicted octanol–water partition coefficient (Wildman–Crippen LogP) is 1.74. The highest BCUT2D eigenvalue weighted by Gasteiger charge is 2.27. The average Bonchev–Trinajstić information content (AvgIpc) is 2.85. The maximum Gasteiger partial charge on any atom is 0.0511 e. The van der Waals surface area contributed by atoms with E-state index in [1.807, 2.05) is 18.5 Å². The lowest BCUT2D eigenvalue weighted by Gasteiger charge is -2.34. The largest absolute Gasteiger partial charge is 0.326 e. The van der Waals surface area contributed by atoms with Gasteiger partial charge >= 0.3 is 0 Å². The van der Waals surface area contributed by atoms with Crippen LogP contribution in [0.15, 0.2) is 24.5 Å². The van der Waals surface area contributed by atoms with Gasteiger partial charge < -0.3 is 10.6 Å². The second-order valence-electron chi connectivity index (χ2n) is 6.16.